The molecular weight excluding hydrogens is 778 g/mol. The summed E-state index contributed by atoms with van der Waals surface area (Å²) in [6.07, 6.45) is -5.45. The van der Waals surface area contributed by atoms with E-state index in [2.05, 4.69) is 5.32 Å². The third-order valence-corrected chi connectivity index (χ3v) is 12.6. The van der Waals surface area contributed by atoms with Gasteiger partial charge in [0.25, 0.3) is 0 Å². The van der Waals surface area contributed by atoms with Crippen LogP contribution in [0.15, 0.2) is 42.5 Å². The van der Waals surface area contributed by atoms with Crippen molar-refractivity contribution in [1.29, 1.82) is 0 Å². The summed E-state index contributed by atoms with van der Waals surface area (Å²) in [6, 6.07) is 12.1. The molecule has 2 heterocycles. The number of para-hydroxylation sites is 2. The molecule has 2 saturated heterocycles. The maximum atomic E-state index is 14.3. The molecule has 330 valence electrons. The second kappa shape index (κ2) is 20.2. The number of halogens is 1. The maximum absolute atomic E-state index is 14.3. The van der Waals surface area contributed by atoms with Crippen LogP contribution < -0.4 is 5.32 Å². The number of Topliss-reactive ketones (excluding diaryl/α,β-unsaturated/α-hetero) is 1. The number of hydrogen-bond donors (Lipinski definition) is 4. The van der Waals surface area contributed by atoms with E-state index in [1.54, 1.807) is 33.8 Å². The molecule has 4 N–H and O–H groups in total. The number of ether oxygens (including phenoxy) is 4. The summed E-state index contributed by atoms with van der Waals surface area (Å²) in [7, 11) is 5.57. The highest BCUT2D eigenvalue weighted by Gasteiger charge is 2.51. The smallest absolute Gasteiger partial charge is 0.316 e. The van der Waals surface area contributed by atoms with Crippen molar-refractivity contribution in [3.05, 3.63) is 58.6 Å². The first kappa shape index (κ1) is 48.5. The van der Waals surface area contributed by atoms with Gasteiger partial charge in [-0.05, 0) is 111 Å². The highest BCUT2D eigenvalue weighted by Crippen LogP contribution is 2.37. The minimum Gasteiger partial charge on any atom is -0.459 e. The van der Waals surface area contributed by atoms with E-state index in [9.17, 15) is 29.7 Å². The predicted molar refractivity (Wildman–Crippen MR) is 227 cm³/mol. The number of aliphatic hydroxyl groups excluding tert-OH is 1. The van der Waals surface area contributed by atoms with E-state index in [0.29, 0.717) is 29.2 Å². The number of likely N-dealkylation sites (N-methyl/N-ethyl adjacent to an activating group) is 2. The molecule has 0 bridgehead atoms. The highest BCUT2D eigenvalue weighted by molar-refractivity contribution is 6.33. The number of rotatable bonds is 9. The van der Waals surface area contributed by atoms with E-state index >= 15 is 0 Å². The third kappa shape index (κ3) is 11.6. The maximum Gasteiger partial charge on any atom is 0.316 e. The molecule has 13 nitrogen and oxygen atoms in total. The quantitative estimate of drug-likeness (QED) is 0.180. The monoisotopic (exact) mass is 845 g/mol. The van der Waals surface area contributed by atoms with Crippen molar-refractivity contribution >= 4 is 40.7 Å². The summed E-state index contributed by atoms with van der Waals surface area (Å²) < 4.78 is 25.2. The Morgan fingerprint density at radius 3 is 2.34 bits per heavy atom. The Hall–Kier alpha value is -3.14. The second-order valence-electron chi connectivity index (χ2n) is 17.7. The van der Waals surface area contributed by atoms with Crippen molar-refractivity contribution in [2.45, 2.75) is 148 Å². The first-order chi connectivity index (χ1) is 27.5. The van der Waals surface area contributed by atoms with Crippen molar-refractivity contribution in [2.24, 2.45) is 17.8 Å². The summed E-state index contributed by atoms with van der Waals surface area (Å²) in [6.45, 7) is 15.7. The fourth-order valence-electron chi connectivity index (χ4n) is 8.77. The Balaban J connectivity index is 1.69. The molecule has 2 aromatic rings. The number of ketones is 1. The zero-order valence-corrected chi connectivity index (χ0v) is 37.7. The van der Waals surface area contributed by atoms with Crippen LogP contribution in [0.3, 0.4) is 0 Å². The number of benzene rings is 2. The number of carbonyl (C=O) groups is 3. The number of nitrogens with one attached hydrogen (secondary N) is 1. The van der Waals surface area contributed by atoms with E-state index in [1.807, 2.05) is 88.1 Å². The lowest BCUT2D eigenvalue weighted by molar-refractivity contribution is -0.296. The first-order valence-electron chi connectivity index (χ1n) is 20.8. The van der Waals surface area contributed by atoms with Gasteiger partial charge in [-0.3, -0.25) is 14.4 Å². The Labute approximate surface area is 355 Å². The average molecular weight is 847 g/mol. The summed E-state index contributed by atoms with van der Waals surface area (Å²) in [5.74, 6) is -4.55. The van der Waals surface area contributed by atoms with Gasteiger partial charge in [0, 0.05) is 24.2 Å². The van der Waals surface area contributed by atoms with Crippen LogP contribution in [-0.2, 0) is 39.8 Å². The van der Waals surface area contributed by atoms with E-state index in [4.69, 9.17) is 30.5 Å². The average Bonchev–Trinajstić information content (AvgIpc) is 3.16. The Kier molecular flexibility index (Phi) is 16.6. The number of carbonyl (C=O) groups excluding carboxylic acids is 3. The summed E-state index contributed by atoms with van der Waals surface area (Å²) in [5, 5.41) is 39.2. The highest BCUT2D eigenvalue weighted by atomic mass is 35.5. The van der Waals surface area contributed by atoms with Crippen LogP contribution in [0.4, 0.5) is 11.4 Å². The standard InChI is InChI=1S/C45H68ClN3O10/c1-13-35-45(9,55)40(52)30(7)49(12)24-25(2)23-44(8,54)41(28(5)38(51)29(6)42(53)57-35)59-43-39(34(48(10)11)21-27(4)56-43)58-36(50)22-31-18-14-15-20-33(31)47-37-26(3)17-16-19-32(37)46/h14-20,25,27-30,34-35,39-41,43,47,52,54-55H,13,21-24H2,1-12H3/t25-,27-,28+,29-,30-,34+,35-,39-,40-,41-,43+,44-,45-/m1/s1. The molecule has 2 fully saturated rings. The van der Waals surface area contributed by atoms with Crippen molar-refractivity contribution < 1.29 is 48.7 Å². The van der Waals surface area contributed by atoms with Crippen LogP contribution in [0, 0.1) is 24.7 Å². The van der Waals surface area contributed by atoms with Gasteiger partial charge < -0.3 is 49.4 Å². The Bertz CT molecular complexity index is 1740. The Morgan fingerprint density at radius 2 is 1.71 bits per heavy atom. The van der Waals surface area contributed by atoms with Crippen molar-refractivity contribution in [1.82, 2.24) is 9.80 Å². The van der Waals surface area contributed by atoms with Gasteiger partial charge >= 0.3 is 11.9 Å². The van der Waals surface area contributed by atoms with Crippen LogP contribution in [-0.4, -0.2) is 131 Å². The van der Waals surface area contributed by atoms with Crippen LogP contribution in [0.2, 0.25) is 5.02 Å². The molecule has 0 aromatic heterocycles. The fraction of sp³-hybridized carbons (Fsp3) is 0.667. The topological polar surface area (TPSA) is 167 Å². The van der Waals surface area contributed by atoms with Crippen molar-refractivity contribution in [3.63, 3.8) is 0 Å². The molecule has 59 heavy (non-hydrogen) atoms. The van der Waals surface area contributed by atoms with E-state index < -0.39 is 77.5 Å². The lowest BCUT2D eigenvalue weighted by atomic mass is 9.78. The molecule has 0 saturated carbocycles. The molecule has 2 aliphatic rings. The predicted octanol–water partition coefficient (Wildman–Crippen LogP) is 5.68. The fourth-order valence-corrected chi connectivity index (χ4v) is 9.03. The largest absolute Gasteiger partial charge is 0.459 e. The Morgan fingerprint density at radius 1 is 1.05 bits per heavy atom. The summed E-state index contributed by atoms with van der Waals surface area (Å²) in [5.41, 5.74) is -0.466. The van der Waals surface area contributed by atoms with Gasteiger partial charge in [0.05, 0.1) is 41.0 Å². The van der Waals surface area contributed by atoms with Gasteiger partial charge in [-0.2, -0.15) is 0 Å². The lowest BCUT2D eigenvalue weighted by Gasteiger charge is -2.46. The number of aliphatic hydroxyl groups is 3. The van der Waals surface area contributed by atoms with Crippen LogP contribution in [0.1, 0.15) is 85.8 Å². The number of aryl methyl sites for hydroxylation is 1. The lowest BCUT2D eigenvalue weighted by Crippen LogP contribution is -2.60. The third-order valence-electron chi connectivity index (χ3n) is 12.3. The molecule has 0 aliphatic carbocycles. The van der Waals surface area contributed by atoms with E-state index in [1.165, 1.54) is 13.8 Å². The van der Waals surface area contributed by atoms with Crippen LogP contribution in [0.5, 0.6) is 0 Å². The summed E-state index contributed by atoms with van der Waals surface area (Å²) in [4.78, 5) is 45.7. The van der Waals surface area contributed by atoms with E-state index in [-0.39, 0.29) is 37.3 Å². The molecule has 4 rings (SSSR count). The van der Waals surface area contributed by atoms with Crippen LogP contribution in [0.25, 0.3) is 0 Å². The van der Waals surface area contributed by atoms with Crippen LogP contribution >= 0.6 is 11.6 Å². The SMILES string of the molecule is CC[C@H]1OC(=O)[C@H](C)C(=O)[C@H](C)[C@@H](O[C@@H]2O[C@H](C)C[C@H](N(C)C)[C@H]2OC(=O)Cc2ccccc2Nc2c(C)cccc2Cl)[C@](C)(O)C[C@@H](C)CN(C)[C@H](C)[C@@H](O)[C@]1(C)O. The van der Waals surface area contributed by atoms with Crippen molar-refractivity contribution in [2.75, 3.05) is 33.0 Å². The van der Waals surface area contributed by atoms with Gasteiger partial charge in [0.1, 0.15) is 23.7 Å². The molecule has 0 amide bonds. The number of cyclic esters (lactones) is 1. The molecular formula is C45H68ClN3O10. The zero-order chi connectivity index (χ0) is 44.1. The number of esters is 2. The number of hydrogen-bond acceptors (Lipinski definition) is 13. The summed E-state index contributed by atoms with van der Waals surface area (Å²) >= 11 is 6.52. The minimum absolute atomic E-state index is 0.0922. The van der Waals surface area contributed by atoms with Gasteiger partial charge in [-0.1, -0.05) is 62.7 Å². The minimum atomic E-state index is -1.83. The zero-order valence-electron chi connectivity index (χ0n) is 36.9. The molecule has 0 radical (unpaired) electrons. The number of nitrogens with zero attached hydrogens (tertiary/aromatic N) is 2. The molecule has 2 aliphatic heterocycles. The van der Waals surface area contributed by atoms with Gasteiger partial charge in [0.15, 0.2) is 18.2 Å². The molecule has 13 atom stereocenters. The van der Waals surface area contributed by atoms with E-state index in [0.717, 1.165) is 11.3 Å². The van der Waals surface area contributed by atoms with Gasteiger partial charge in [-0.25, -0.2) is 0 Å². The molecule has 0 spiro atoms. The number of anilines is 2. The van der Waals surface area contributed by atoms with Gasteiger partial charge in [-0.15, -0.1) is 0 Å². The molecule has 2 aromatic carbocycles. The molecule has 0 unspecified atom stereocenters. The van der Waals surface area contributed by atoms with Gasteiger partial charge in [0.2, 0.25) is 0 Å². The second-order valence-corrected chi connectivity index (χ2v) is 18.2. The normalized spacial score (nSPS) is 35.7. The molecule has 14 heteroatoms. The van der Waals surface area contributed by atoms with Crippen molar-refractivity contribution in [3.8, 4) is 0 Å². The first-order valence-corrected chi connectivity index (χ1v) is 21.2.